The SMILES string of the molecule is CC(=O)NC1CCN(S(=O)(=O)c2cc(N)cc(F)c2C)C1. The number of nitrogens with one attached hydrogen (secondary N) is 1. The molecule has 1 aromatic carbocycles. The molecule has 8 heteroatoms. The molecule has 6 nitrogen and oxygen atoms in total. The van der Waals surface area contributed by atoms with E-state index in [1.165, 1.54) is 24.2 Å². The number of nitrogen functional groups attached to an aromatic ring is 1. The van der Waals surface area contributed by atoms with E-state index in [1.54, 1.807) is 0 Å². The van der Waals surface area contributed by atoms with Crippen LogP contribution in [0.25, 0.3) is 0 Å². The van der Waals surface area contributed by atoms with Crippen molar-refractivity contribution < 1.29 is 17.6 Å². The zero-order valence-corrected chi connectivity index (χ0v) is 12.7. The highest BCUT2D eigenvalue weighted by molar-refractivity contribution is 7.89. The first kappa shape index (κ1) is 15.7. The minimum absolute atomic E-state index is 0.0483. The number of hydrogen-bond acceptors (Lipinski definition) is 4. The molecule has 0 radical (unpaired) electrons. The average Bonchev–Trinajstić information content (AvgIpc) is 2.81. The van der Waals surface area contributed by atoms with Crippen LogP contribution in [0.15, 0.2) is 17.0 Å². The van der Waals surface area contributed by atoms with Gasteiger partial charge in [0, 0.05) is 37.3 Å². The molecule has 3 N–H and O–H groups in total. The molecule has 1 fully saturated rings. The molecule has 2 rings (SSSR count). The maximum Gasteiger partial charge on any atom is 0.243 e. The van der Waals surface area contributed by atoms with Crippen LogP contribution in [0.5, 0.6) is 0 Å². The van der Waals surface area contributed by atoms with Crippen LogP contribution < -0.4 is 11.1 Å². The van der Waals surface area contributed by atoms with E-state index < -0.39 is 15.8 Å². The molecule has 1 aliphatic rings. The van der Waals surface area contributed by atoms with Crippen LogP contribution in [0.2, 0.25) is 0 Å². The van der Waals surface area contributed by atoms with Crippen LogP contribution >= 0.6 is 0 Å². The number of hydrogen-bond donors (Lipinski definition) is 2. The second kappa shape index (κ2) is 5.61. The van der Waals surface area contributed by atoms with E-state index in [-0.39, 0.29) is 41.2 Å². The van der Waals surface area contributed by atoms with Crippen LogP contribution in [0.3, 0.4) is 0 Å². The summed E-state index contributed by atoms with van der Waals surface area (Å²) in [6.07, 6.45) is 0.530. The summed E-state index contributed by atoms with van der Waals surface area (Å²) in [4.78, 5) is 10.9. The monoisotopic (exact) mass is 315 g/mol. The minimum Gasteiger partial charge on any atom is -0.399 e. The van der Waals surface area contributed by atoms with Gasteiger partial charge in [-0.3, -0.25) is 4.79 Å². The Morgan fingerprint density at radius 3 is 2.76 bits per heavy atom. The molecule has 0 bridgehead atoms. The number of nitrogens with zero attached hydrogens (tertiary/aromatic N) is 1. The molecule has 1 saturated heterocycles. The molecule has 0 aromatic heterocycles. The Morgan fingerprint density at radius 2 is 2.14 bits per heavy atom. The molecule has 1 unspecified atom stereocenters. The number of sulfonamides is 1. The quantitative estimate of drug-likeness (QED) is 0.800. The fourth-order valence-electron chi connectivity index (χ4n) is 2.43. The van der Waals surface area contributed by atoms with E-state index >= 15 is 0 Å². The maximum atomic E-state index is 13.7. The van der Waals surface area contributed by atoms with Gasteiger partial charge in [-0.05, 0) is 25.5 Å². The lowest BCUT2D eigenvalue weighted by molar-refractivity contribution is -0.119. The van der Waals surface area contributed by atoms with Crippen molar-refractivity contribution in [2.45, 2.75) is 31.2 Å². The Bertz CT molecular complexity index is 675. The first-order valence-corrected chi connectivity index (χ1v) is 7.98. The zero-order chi connectivity index (χ0) is 15.8. The summed E-state index contributed by atoms with van der Waals surface area (Å²) < 4.78 is 40.1. The van der Waals surface area contributed by atoms with Crippen molar-refractivity contribution >= 4 is 21.6 Å². The summed E-state index contributed by atoms with van der Waals surface area (Å²) in [6, 6.07) is 2.14. The number of anilines is 1. The standard InChI is InChI=1S/C13H18FN3O3S/c1-8-12(14)5-10(15)6-13(8)21(19,20)17-4-3-11(7-17)16-9(2)18/h5-6,11H,3-4,7,15H2,1-2H3,(H,16,18). The van der Waals surface area contributed by atoms with E-state index in [0.717, 1.165) is 6.07 Å². The van der Waals surface area contributed by atoms with Crippen molar-refractivity contribution in [2.75, 3.05) is 18.8 Å². The topological polar surface area (TPSA) is 92.5 Å². The number of amides is 1. The molecule has 21 heavy (non-hydrogen) atoms. The Hall–Kier alpha value is -1.67. The van der Waals surface area contributed by atoms with E-state index in [4.69, 9.17) is 5.73 Å². The van der Waals surface area contributed by atoms with E-state index in [0.29, 0.717) is 6.42 Å². The van der Waals surface area contributed by atoms with Gasteiger partial charge in [-0.1, -0.05) is 0 Å². The number of nitrogens with two attached hydrogens (primary N) is 1. The second-order valence-electron chi connectivity index (χ2n) is 5.18. The molecule has 1 amide bonds. The Balaban J connectivity index is 2.30. The molecule has 1 atom stereocenters. The van der Waals surface area contributed by atoms with Gasteiger partial charge >= 0.3 is 0 Å². The van der Waals surface area contributed by atoms with Gasteiger partial charge in [0.05, 0.1) is 4.90 Å². The van der Waals surface area contributed by atoms with Crippen LogP contribution in [0, 0.1) is 12.7 Å². The van der Waals surface area contributed by atoms with Crippen LogP contribution in [0.1, 0.15) is 18.9 Å². The lowest BCUT2D eigenvalue weighted by atomic mass is 10.2. The van der Waals surface area contributed by atoms with Crippen molar-refractivity contribution in [1.29, 1.82) is 0 Å². The molecule has 116 valence electrons. The van der Waals surface area contributed by atoms with E-state index in [9.17, 15) is 17.6 Å². The summed E-state index contributed by atoms with van der Waals surface area (Å²) in [5, 5.41) is 2.69. The second-order valence-corrected chi connectivity index (χ2v) is 7.08. The lowest BCUT2D eigenvalue weighted by Gasteiger charge is -2.19. The van der Waals surface area contributed by atoms with Crippen molar-refractivity contribution in [3.05, 3.63) is 23.5 Å². The largest absolute Gasteiger partial charge is 0.399 e. The fourth-order valence-corrected chi connectivity index (χ4v) is 4.20. The van der Waals surface area contributed by atoms with Crippen LogP contribution in [0.4, 0.5) is 10.1 Å². The van der Waals surface area contributed by atoms with Crippen molar-refractivity contribution in [3.8, 4) is 0 Å². The lowest BCUT2D eigenvalue weighted by Crippen LogP contribution is -2.37. The summed E-state index contributed by atoms with van der Waals surface area (Å²) in [5.41, 5.74) is 5.65. The molecular formula is C13H18FN3O3S. The Kier molecular flexibility index (Phi) is 4.20. The van der Waals surface area contributed by atoms with Crippen LogP contribution in [-0.2, 0) is 14.8 Å². The molecule has 1 heterocycles. The fraction of sp³-hybridized carbons (Fsp3) is 0.462. The predicted octanol–water partition coefficient (Wildman–Crippen LogP) is 0.615. The van der Waals surface area contributed by atoms with Crippen molar-refractivity contribution in [2.24, 2.45) is 0 Å². The summed E-state index contributed by atoms with van der Waals surface area (Å²) in [6.45, 7) is 3.25. The minimum atomic E-state index is -3.82. The molecule has 0 spiro atoms. The van der Waals surface area contributed by atoms with Gasteiger partial charge in [-0.15, -0.1) is 0 Å². The normalized spacial score (nSPS) is 19.7. The third-order valence-electron chi connectivity index (χ3n) is 3.50. The van der Waals surface area contributed by atoms with Gasteiger partial charge in [0.15, 0.2) is 0 Å². The number of carbonyl (C=O) groups excluding carboxylic acids is 1. The van der Waals surface area contributed by atoms with Gasteiger partial charge in [0.2, 0.25) is 15.9 Å². The smallest absolute Gasteiger partial charge is 0.243 e. The number of halogens is 1. The Morgan fingerprint density at radius 1 is 1.48 bits per heavy atom. The highest BCUT2D eigenvalue weighted by Gasteiger charge is 2.34. The molecule has 0 aliphatic carbocycles. The first-order valence-electron chi connectivity index (χ1n) is 6.54. The number of benzene rings is 1. The van der Waals surface area contributed by atoms with Crippen LogP contribution in [-0.4, -0.2) is 37.8 Å². The van der Waals surface area contributed by atoms with E-state index in [2.05, 4.69) is 5.32 Å². The van der Waals surface area contributed by atoms with Gasteiger partial charge in [0.1, 0.15) is 5.82 Å². The van der Waals surface area contributed by atoms with Crippen molar-refractivity contribution in [3.63, 3.8) is 0 Å². The summed E-state index contributed by atoms with van der Waals surface area (Å²) >= 11 is 0. The third-order valence-corrected chi connectivity index (χ3v) is 5.49. The molecule has 0 saturated carbocycles. The van der Waals surface area contributed by atoms with Gasteiger partial charge < -0.3 is 11.1 Å². The predicted molar refractivity (Wildman–Crippen MR) is 76.5 cm³/mol. The van der Waals surface area contributed by atoms with Gasteiger partial charge in [-0.2, -0.15) is 4.31 Å². The first-order chi connectivity index (χ1) is 9.71. The molecule has 1 aliphatic heterocycles. The zero-order valence-electron chi connectivity index (χ0n) is 11.9. The van der Waals surface area contributed by atoms with Gasteiger partial charge in [0.25, 0.3) is 0 Å². The molecular weight excluding hydrogens is 297 g/mol. The van der Waals surface area contributed by atoms with Gasteiger partial charge in [-0.25, -0.2) is 12.8 Å². The number of carbonyl (C=O) groups is 1. The summed E-state index contributed by atoms with van der Waals surface area (Å²) in [5.74, 6) is -0.850. The summed E-state index contributed by atoms with van der Waals surface area (Å²) in [7, 11) is -3.82. The Labute approximate surface area is 123 Å². The number of rotatable bonds is 3. The molecule has 1 aromatic rings. The maximum absolute atomic E-state index is 13.7. The third kappa shape index (κ3) is 3.16. The highest BCUT2D eigenvalue weighted by atomic mass is 32.2. The average molecular weight is 315 g/mol. The van der Waals surface area contributed by atoms with Crippen molar-refractivity contribution in [1.82, 2.24) is 9.62 Å². The van der Waals surface area contributed by atoms with E-state index in [1.807, 2.05) is 0 Å². The highest BCUT2D eigenvalue weighted by Crippen LogP contribution is 2.27.